The second-order valence-corrected chi connectivity index (χ2v) is 4.46. The van der Waals surface area contributed by atoms with Gasteiger partial charge in [-0.2, -0.15) is 5.10 Å². The predicted octanol–water partition coefficient (Wildman–Crippen LogP) is 2.59. The minimum Gasteiger partial charge on any atom is -0.327 e. The number of aromatic nitrogens is 2. The smallest absolute Gasteiger partial charge is 0.0659 e. The van der Waals surface area contributed by atoms with Crippen LogP contribution in [-0.4, -0.2) is 15.8 Å². The molecule has 0 amide bonds. The molecule has 1 fully saturated rings. The van der Waals surface area contributed by atoms with E-state index in [4.69, 9.17) is 5.73 Å². The Kier molecular flexibility index (Phi) is 5.20. The third-order valence-corrected chi connectivity index (χ3v) is 3.11. The Bertz CT molecular complexity index is 484. The molecular formula is C13H17Cl2N3. The Morgan fingerprint density at radius 3 is 2.50 bits per heavy atom. The summed E-state index contributed by atoms with van der Waals surface area (Å²) in [5, 5.41) is 4.37. The van der Waals surface area contributed by atoms with Crippen molar-refractivity contribution in [3.63, 3.8) is 0 Å². The van der Waals surface area contributed by atoms with E-state index in [0.29, 0.717) is 12.0 Å². The molecular weight excluding hydrogens is 269 g/mol. The standard InChI is InChI=1S/C13H15N3.2ClH/c14-13-6-12(13)11-7-15-16(9-11)8-10-4-2-1-3-5-10;;/h1-5,7,9,12-13H,6,8,14H2;2*1H/t12-,13+;;/m0../s1. The lowest BCUT2D eigenvalue weighted by Gasteiger charge is -2.00. The molecule has 3 nitrogen and oxygen atoms in total. The minimum atomic E-state index is 0. The second kappa shape index (κ2) is 6.23. The van der Waals surface area contributed by atoms with E-state index in [1.54, 1.807) is 0 Å². The van der Waals surface area contributed by atoms with Gasteiger partial charge >= 0.3 is 0 Å². The van der Waals surface area contributed by atoms with E-state index in [2.05, 4.69) is 35.6 Å². The number of nitrogens with two attached hydrogens (primary N) is 1. The Morgan fingerprint density at radius 2 is 1.89 bits per heavy atom. The zero-order chi connectivity index (χ0) is 11.0. The van der Waals surface area contributed by atoms with Crippen LogP contribution in [0, 0.1) is 0 Å². The van der Waals surface area contributed by atoms with Crippen molar-refractivity contribution in [2.75, 3.05) is 0 Å². The quantitative estimate of drug-likeness (QED) is 0.942. The van der Waals surface area contributed by atoms with Gasteiger partial charge in [0.1, 0.15) is 0 Å². The Labute approximate surface area is 119 Å². The van der Waals surface area contributed by atoms with Crippen molar-refractivity contribution in [3.05, 3.63) is 53.9 Å². The fraction of sp³-hybridized carbons (Fsp3) is 0.308. The number of hydrogen-bond donors (Lipinski definition) is 1. The SMILES string of the molecule is Cl.Cl.N[C@@H]1C[C@H]1c1cnn(Cc2ccccc2)c1. The Morgan fingerprint density at radius 1 is 1.22 bits per heavy atom. The van der Waals surface area contributed by atoms with Crippen molar-refractivity contribution in [2.24, 2.45) is 5.73 Å². The van der Waals surface area contributed by atoms with Crippen LogP contribution in [0.15, 0.2) is 42.7 Å². The van der Waals surface area contributed by atoms with E-state index in [9.17, 15) is 0 Å². The van der Waals surface area contributed by atoms with E-state index in [1.165, 1.54) is 11.1 Å². The first kappa shape index (κ1) is 15.0. The first-order valence-corrected chi connectivity index (χ1v) is 5.65. The van der Waals surface area contributed by atoms with Crippen molar-refractivity contribution in [3.8, 4) is 0 Å². The van der Waals surface area contributed by atoms with Gasteiger partial charge in [0.05, 0.1) is 12.7 Å². The molecule has 3 rings (SSSR count). The largest absolute Gasteiger partial charge is 0.327 e. The van der Waals surface area contributed by atoms with Crippen LogP contribution in [-0.2, 0) is 6.54 Å². The number of halogens is 2. The van der Waals surface area contributed by atoms with Gasteiger partial charge < -0.3 is 5.73 Å². The van der Waals surface area contributed by atoms with Gasteiger partial charge in [-0.25, -0.2) is 0 Å². The normalized spacial score (nSPS) is 20.7. The molecule has 0 aliphatic heterocycles. The van der Waals surface area contributed by atoms with E-state index in [1.807, 2.05) is 16.9 Å². The molecule has 0 unspecified atom stereocenters. The first-order chi connectivity index (χ1) is 7.83. The number of hydrogen-bond acceptors (Lipinski definition) is 2. The van der Waals surface area contributed by atoms with Gasteiger partial charge in [-0.1, -0.05) is 30.3 Å². The van der Waals surface area contributed by atoms with Crippen molar-refractivity contribution in [1.82, 2.24) is 9.78 Å². The second-order valence-electron chi connectivity index (χ2n) is 4.46. The van der Waals surface area contributed by atoms with Crippen LogP contribution in [0.5, 0.6) is 0 Å². The summed E-state index contributed by atoms with van der Waals surface area (Å²) in [5.41, 5.74) is 8.38. The third-order valence-electron chi connectivity index (χ3n) is 3.11. The maximum absolute atomic E-state index is 5.82. The molecule has 0 spiro atoms. The summed E-state index contributed by atoms with van der Waals surface area (Å²) in [6, 6.07) is 10.7. The predicted molar refractivity (Wildman–Crippen MR) is 77.6 cm³/mol. The molecule has 1 aromatic carbocycles. The number of benzene rings is 1. The molecule has 1 aliphatic carbocycles. The number of nitrogens with zero attached hydrogens (tertiary/aromatic N) is 2. The van der Waals surface area contributed by atoms with Crippen LogP contribution >= 0.6 is 24.8 Å². The molecule has 0 radical (unpaired) electrons. The maximum Gasteiger partial charge on any atom is 0.0659 e. The van der Waals surface area contributed by atoms with E-state index >= 15 is 0 Å². The van der Waals surface area contributed by atoms with Crippen LogP contribution in [0.25, 0.3) is 0 Å². The lowest BCUT2D eigenvalue weighted by molar-refractivity contribution is 0.686. The van der Waals surface area contributed by atoms with Crippen LogP contribution < -0.4 is 5.73 Å². The van der Waals surface area contributed by atoms with Crippen LogP contribution in [0.2, 0.25) is 0 Å². The summed E-state index contributed by atoms with van der Waals surface area (Å²) in [4.78, 5) is 0. The van der Waals surface area contributed by atoms with Crippen molar-refractivity contribution in [2.45, 2.75) is 24.9 Å². The lowest BCUT2D eigenvalue weighted by Crippen LogP contribution is -2.01. The highest BCUT2D eigenvalue weighted by atomic mass is 35.5. The van der Waals surface area contributed by atoms with E-state index in [0.717, 1.165) is 13.0 Å². The fourth-order valence-electron chi connectivity index (χ4n) is 2.03. The molecule has 1 aliphatic rings. The van der Waals surface area contributed by atoms with Crippen molar-refractivity contribution in [1.29, 1.82) is 0 Å². The fourth-order valence-corrected chi connectivity index (χ4v) is 2.03. The van der Waals surface area contributed by atoms with E-state index < -0.39 is 0 Å². The third kappa shape index (κ3) is 3.25. The molecule has 1 heterocycles. The summed E-state index contributed by atoms with van der Waals surface area (Å²) in [6.45, 7) is 0.836. The highest BCUT2D eigenvalue weighted by molar-refractivity contribution is 5.85. The average Bonchev–Trinajstić information content (AvgIpc) is 2.86. The summed E-state index contributed by atoms with van der Waals surface area (Å²) >= 11 is 0. The van der Waals surface area contributed by atoms with Gasteiger partial charge in [-0.15, -0.1) is 24.8 Å². The van der Waals surface area contributed by atoms with Crippen LogP contribution in [0.3, 0.4) is 0 Å². The summed E-state index contributed by atoms with van der Waals surface area (Å²) < 4.78 is 1.98. The Hall–Kier alpha value is -1.03. The molecule has 0 saturated heterocycles. The van der Waals surface area contributed by atoms with Crippen LogP contribution in [0.4, 0.5) is 0 Å². The van der Waals surface area contributed by atoms with Gasteiger partial charge in [0, 0.05) is 18.2 Å². The van der Waals surface area contributed by atoms with E-state index in [-0.39, 0.29) is 24.8 Å². The monoisotopic (exact) mass is 285 g/mol. The number of rotatable bonds is 3. The van der Waals surface area contributed by atoms with Crippen molar-refractivity contribution < 1.29 is 0 Å². The van der Waals surface area contributed by atoms with Gasteiger partial charge in [0.25, 0.3) is 0 Å². The molecule has 1 aromatic heterocycles. The molecule has 0 bridgehead atoms. The zero-order valence-corrected chi connectivity index (χ0v) is 11.5. The molecule has 98 valence electrons. The van der Waals surface area contributed by atoms with Crippen LogP contribution in [0.1, 0.15) is 23.5 Å². The van der Waals surface area contributed by atoms with Gasteiger partial charge in [0.2, 0.25) is 0 Å². The van der Waals surface area contributed by atoms with Crippen molar-refractivity contribution >= 4 is 24.8 Å². The summed E-state index contributed by atoms with van der Waals surface area (Å²) in [7, 11) is 0. The zero-order valence-electron chi connectivity index (χ0n) is 9.90. The molecule has 1 saturated carbocycles. The molecule has 18 heavy (non-hydrogen) atoms. The summed E-state index contributed by atoms with van der Waals surface area (Å²) in [6.07, 6.45) is 5.17. The van der Waals surface area contributed by atoms with Gasteiger partial charge in [-0.3, -0.25) is 4.68 Å². The highest BCUT2D eigenvalue weighted by Crippen LogP contribution is 2.38. The van der Waals surface area contributed by atoms with Gasteiger partial charge in [-0.05, 0) is 17.5 Å². The van der Waals surface area contributed by atoms with Gasteiger partial charge in [0.15, 0.2) is 0 Å². The Balaban J connectivity index is 0.000000810. The average molecular weight is 286 g/mol. The molecule has 2 atom stereocenters. The summed E-state index contributed by atoms with van der Waals surface area (Å²) in [5.74, 6) is 0.546. The highest BCUT2D eigenvalue weighted by Gasteiger charge is 2.35. The topological polar surface area (TPSA) is 43.8 Å². The molecule has 5 heteroatoms. The first-order valence-electron chi connectivity index (χ1n) is 5.65. The molecule has 2 aromatic rings. The minimum absolute atomic E-state index is 0. The molecule has 2 N–H and O–H groups in total. The lowest BCUT2D eigenvalue weighted by atomic mass is 10.2. The maximum atomic E-state index is 5.82.